The number of rotatable bonds is 2. The number of nitrogens with zero attached hydrogens (tertiary/aromatic N) is 2. The fourth-order valence-corrected chi connectivity index (χ4v) is 3.02. The molecule has 3 rings (SSSR count). The lowest BCUT2D eigenvalue weighted by atomic mass is 10.1. The Kier molecular flexibility index (Phi) is 3.82. The zero-order chi connectivity index (χ0) is 14.1. The van der Waals surface area contributed by atoms with Crippen LogP contribution in [-0.4, -0.2) is 26.4 Å². The molecule has 20 heavy (non-hydrogen) atoms. The standard InChI is InChI=1S/C13H13BrN4OS/c14-11-8(2-1-4-15-11)6-18-5-3-10-9(7-18)12(19)17-13(20)16-10/h1-2,4H,3,5-7H2,(H2,16,17,19,20). The van der Waals surface area contributed by atoms with E-state index in [2.05, 4.69) is 35.8 Å². The van der Waals surface area contributed by atoms with E-state index in [1.165, 1.54) is 0 Å². The molecule has 104 valence electrons. The van der Waals surface area contributed by atoms with E-state index in [0.717, 1.165) is 40.9 Å². The van der Waals surface area contributed by atoms with E-state index >= 15 is 0 Å². The number of nitrogens with one attached hydrogen (secondary N) is 2. The second-order valence-electron chi connectivity index (χ2n) is 4.78. The molecule has 0 amide bonds. The predicted octanol–water partition coefficient (Wildman–Crippen LogP) is 2.15. The highest BCUT2D eigenvalue weighted by atomic mass is 79.9. The predicted molar refractivity (Wildman–Crippen MR) is 82.0 cm³/mol. The van der Waals surface area contributed by atoms with Crippen molar-refractivity contribution in [2.75, 3.05) is 6.54 Å². The molecule has 0 fully saturated rings. The van der Waals surface area contributed by atoms with Crippen molar-refractivity contribution in [1.82, 2.24) is 19.9 Å². The first-order valence-electron chi connectivity index (χ1n) is 6.29. The third-order valence-corrected chi connectivity index (χ3v) is 4.34. The summed E-state index contributed by atoms with van der Waals surface area (Å²) in [6.45, 7) is 2.28. The number of H-pyrrole nitrogens is 2. The summed E-state index contributed by atoms with van der Waals surface area (Å²) in [5.41, 5.74) is 2.78. The highest BCUT2D eigenvalue weighted by Gasteiger charge is 2.20. The van der Waals surface area contributed by atoms with Gasteiger partial charge in [0.1, 0.15) is 4.60 Å². The number of fused-ring (bicyclic) bond motifs is 1. The van der Waals surface area contributed by atoms with Crippen LogP contribution in [0.4, 0.5) is 0 Å². The zero-order valence-electron chi connectivity index (χ0n) is 10.6. The zero-order valence-corrected chi connectivity index (χ0v) is 13.1. The molecule has 2 aromatic rings. The van der Waals surface area contributed by atoms with Crippen molar-refractivity contribution in [2.45, 2.75) is 19.5 Å². The summed E-state index contributed by atoms with van der Waals surface area (Å²) < 4.78 is 1.25. The van der Waals surface area contributed by atoms with E-state index in [4.69, 9.17) is 12.2 Å². The summed E-state index contributed by atoms with van der Waals surface area (Å²) in [5, 5.41) is 0. The molecule has 0 aliphatic carbocycles. The fraction of sp³-hybridized carbons (Fsp3) is 0.308. The highest BCUT2D eigenvalue weighted by molar-refractivity contribution is 9.10. The van der Waals surface area contributed by atoms with Gasteiger partial charge in [-0.1, -0.05) is 6.07 Å². The van der Waals surface area contributed by atoms with Crippen LogP contribution >= 0.6 is 28.1 Å². The summed E-state index contributed by atoms with van der Waals surface area (Å²) >= 11 is 8.45. The third kappa shape index (κ3) is 2.74. The fourth-order valence-electron chi connectivity index (χ4n) is 2.43. The summed E-state index contributed by atoms with van der Waals surface area (Å²) in [7, 11) is 0. The Balaban J connectivity index is 1.84. The smallest absolute Gasteiger partial charge is 0.256 e. The molecule has 0 saturated heterocycles. The van der Waals surface area contributed by atoms with Crippen LogP contribution in [0.15, 0.2) is 27.7 Å². The van der Waals surface area contributed by atoms with Crippen LogP contribution in [0.1, 0.15) is 16.8 Å². The van der Waals surface area contributed by atoms with Gasteiger partial charge in [-0.2, -0.15) is 0 Å². The Morgan fingerprint density at radius 1 is 1.45 bits per heavy atom. The van der Waals surface area contributed by atoms with Crippen LogP contribution in [0.2, 0.25) is 0 Å². The SMILES string of the molecule is O=c1[nH]c(=S)[nH]c2c1CN(Cc1cccnc1Br)CC2. The van der Waals surface area contributed by atoms with Crippen molar-refractivity contribution >= 4 is 28.1 Å². The molecule has 0 bridgehead atoms. The average molecular weight is 353 g/mol. The molecular formula is C13H13BrN4OS. The first-order chi connectivity index (χ1) is 9.63. The number of hydrogen-bond acceptors (Lipinski definition) is 4. The molecule has 0 radical (unpaired) electrons. The van der Waals surface area contributed by atoms with E-state index in [1.54, 1.807) is 6.20 Å². The van der Waals surface area contributed by atoms with Gasteiger partial charge in [-0.05, 0) is 39.8 Å². The van der Waals surface area contributed by atoms with E-state index in [1.807, 2.05) is 12.1 Å². The average Bonchev–Trinajstić information content (AvgIpc) is 2.42. The van der Waals surface area contributed by atoms with Crippen LogP contribution in [-0.2, 0) is 19.5 Å². The third-order valence-electron chi connectivity index (χ3n) is 3.42. The maximum absolute atomic E-state index is 12.0. The number of aromatic amines is 2. The minimum Gasteiger partial charge on any atom is -0.335 e. The summed E-state index contributed by atoms with van der Waals surface area (Å²) in [6.07, 6.45) is 2.56. The molecular weight excluding hydrogens is 340 g/mol. The summed E-state index contributed by atoms with van der Waals surface area (Å²) in [4.78, 5) is 24.1. The Hall–Kier alpha value is -1.31. The molecule has 0 saturated carbocycles. The molecule has 0 aromatic carbocycles. The van der Waals surface area contributed by atoms with Crippen molar-refractivity contribution in [1.29, 1.82) is 0 Å². The number of pyridine rings is 1. The minimum atomic E-state index is -0.0845. The summed E-state index contributed by atoms with van der Waals surface area (Å²) in [5.74, 6) is 0. The van der Waals surface area contributed by atoms with Crippen molar-refractivity contribution in [3.05, 3.63) is 54.9 Å². The van der Waals surface area contributed by atoms with Gasteiger partial charge < -0.3 is 4.98 Å². The normalized spacial score (nSPS) is 15.1. The Morgan fingerprint density at radius 2 is 2.30 bits per heavy atom. The van der Waals surface area contributed by atoms with Gasteiger partial charge in [0, 0.05) is 37.9 Å². The van der Waals surface area contributed by atoms with Gasteiger partial charge in [0.15, 0.2) is 4.77 Å². The lowest BCUT2D eigenvalue weighted by molar-refractivity contribution is 0.241. The molecule has 1 aliphatic heterocycles. The van der Waals surface area contributed by atoms with Crippen molar-refractivity contribution in [3.8, 4) is 0 Å². The van der Waals surface area contributed by atoms with Crippen LogP contribution in [0.5, 0.6) is 0 Å². The van der Waals surface area contributed by atoms with Crippen LogP contribution in [0, 0.1) is 4.77 Å². The van der Waals surface area contributed by atoms with E-state index < -0.39 is 0 Å². The molecule has 2 aromatic heterocycles. The second kappa shape index (κ2) is 5.59. The molecule has 1 aliphatic rings. The first kappa shape index (κ1) is 13.7. The monoisotopic (exact) mass is 352 g/mol. The van der Waals surface area contributed by atoms with Crippen LogP contribution < -0.4 is 5.56 Å². The number of hydrogen-bond donors (Lipinski definition) is 2. The van der Waals surface area contributed by atoms with E-state index in [0.29, 0.717) is 11.3 Å². The Labute approximate surface area is 129 Å². The summed E-state index contributed by atoms with van der Waals surface area (Å²) in [6, 6.07) is 3.96. The first-order valence-corrected chi connectivity index (χ1v) is 7.49. The Morgan fingerprint density at radius 3 is 3.10 bits per heavy atom. The maximum Gasteiger partial charge on any atom is 0.256 e. The molecule has 5 nitrogen and oxygen atoms in total. The molecule has 2 N–H and O–H groups in total. The quantitative estimate of drug-likeness (QED) is 0.642. The molecule has 0 unspecified atom stereocenters. The molecule has 0 atom stereocenters. The Bertz CT molecular complexity index is 755. The number of aromatic nitrogens is 3. The molecule has 0 spiro atoms. The number of halogens is 1. The second-order valence-corrected chi connectivity index (χ2v) is 5.94. The topological polar surface area (TPSA) is 64.8 Å². The van der Waals surface area contributed by atoms with Crippen molar-refractivity contribution in [2.24, 2.45) is 0 Å². The lowest BCUT2D eigenvalue weighted by Gasteiger charge is -2.27. The van der Waals surface area contributed by atoms with Gasteiger partial charge in [0.05, 0.1) is 5.56 Å². The minimum absolute atomic E-state index is 0.0845. The lowest BCUT2D eigenvalue weighted by Crippen LogP contribution is -2.35. The van der Waals surface area contributed by atoms with Gasteiger partial charge in [0.25, 0.3) is 5.56 Å². The molecule has 7 heteroatoms. The van der Waals surface area contributed by atoms with Gasteiger partial charge in [-0.25, -0.2) is 4.98 Å². The van der Waals surface area contributed by atoms with Gasteiger partial charge in [-0.15, -0.1) is 0 Å². The highest BCUT2D eigenvalue weighted by Crippen LogP contribution is 2.19. The van der Waals surface area contributed by atoms with Crippen molar-refractivity contribution in [3.63, 3.8) is 0 Å². The van der Waals surface area contributed by atoms with Crippen LogP contribution in [0.3, 0.4) is 0 Å². The van der Waals surface area contributed by atoms with Crippen LogP contribution in [0.25, 0.3) is 0 Å². The van der Waals surface area contributed by atoms with Gasteiger partial charge in [0.2, 0.25) is 0 Å². The maximum atomic E-state index is 12.0. The van der Waals surface area contributed by atoms with Gasteiger partial charge in [-0.3, -0.25) is 14.7 Å². The molecule has 3 heterocycles. The van der Waals surface area contributed by atoms with E-state index in [9.17, 15) is 4.79 Å². The van der Waals surface area contributed by atoms with Crippen molar-refractivity contribution < 1.29 is 0 Å². The van der Waals surface area contributed by atoms with Gasteiger partial charge >= 0.3 is 0 Å². The largest absolute Gasteiger partial charge is 0.335 e. The van der Waals surface area contributed by atoms with E-state index in [-0.39, 0.29) is 5.56 Å².